The van der Waals surface area contributed by atoms with Crippen molar-refractivity contribution < 1.29 is 22.7 Å². The molecule has 0 N–H and O–H groups in total. The lowest BCUT2D eigenvalue weighted by molar-refractivity contribution is 0.0521. The van der Waals surface area contributed by atoms with E-state index in [1.165, 1.54) is 17.3 Å². The number of ether oxygens (including phenoxy) is 1. The number of carbonyl (C=O) groups excluding carboxylic acids is 1. The van der Waals surface area contributed by atoms with Crippen LogP contribution in [0, 0.1) is 28.8 Å². The number of rotatable bonds is 3. The van der Waals surface area contributed by atoms with E-state index in [0.717, 1.165) is 6.07 Å². The normalized spacial score (nSPS) is 16.8. The summed E-state index contributed by atoms with van der Waals surface area (Å²) in [7, 11) is 0. The molecule has 0 aliphatic carbocycles. The first-order chi connectivity index (χ1) is 12.5. The van der Waals surface area contributed by atoms with Crippen LogP contribution >= 0.6 is 0 Å². The fourth-order valence-electron chi connectivity index (χ4n) is 2.73. The summed E-state index contributed by atoms with van der Waals surface area (Å²) < 4.78 is 45.9. The molecule has 26 heavy (non-hydrogen) atoms. The fourth-order valence-corrected chi connectivity index (χ4v) is 2.73. The van der Waals surface area contributed by atoms with Crippen LogP contribution in [0.5, 0.6) is 5.88 Å². The Bertz CT molecular complexity index is 885. The maximum Gasteiger partial charge on any atom is 0.257 e. The molecule has 2 aromatic rings. The number of aromatic nitrogens is 2. The zero-order chi connectivity index (χ0) is 18.7. The van der Waals surface area contributed by atoms with Crippen LogP contribution in [0.25, 0.3) is 0 Å². The van der Waals surface area contributed by atoms with Crippen LogP contribution in [0.1, 0.15) is 28.9 Å². The van der Waals surface area contributed by atoms with E-state index in [1.54, 1.807) is 0 Å². The number of nitrogens with zero attached hydrogens (tertiary/aromatic N) is 4. The summed E-state index contributed by atoms with van der Waals surface area (Å²) in [5.41, 5.74) is -0.524. The van der Waals surface area contributed by atoms with Crippen molar-refractivity contribution in [3.05, 3.63) is 53.2 Å². The van der Waals surface area contributed by atoms with Crippen molar-refractivity contribution in [3.8, 4) is 11.9 Å². The van der Waals surface area contributed by atoms with Crippen molar-refractivity contribution in [1.82, 2.24) is 14.9 Å². The molecule has 1 atom stereocenters. The maximum atomic E-state index is 13.9. The van der Waals surface area contributed by atoms with Crippen molar-refractivity contribution in [2.45, 2.75) is 18.9 Å². The summed E-state index contributed by atoms with van der Waals surface area (Å²) in [6.45, 7) is 0.418. The van der Waals surface area contributed by atoms with Gasteiger partial charge in [-0.1, -0.05) is 0 Å². The molecule has 1 aliphatic rings. The summed E-state index contributed by atoms with van der Waals surface area (Å²) in [5, 5.41) is 9.01. The average molecular weight is 362 g/mol. The third kappa shape index (κ3) is 3.44. The predicted octanol–water partition coefficient (Wildman–Crippen LogP) is 2.45. The Morgan fingerprint density at radius 3 is 2.77 bits per heavy atom. The lowest BCUT2D eigenvalue weighted by Gasteiger charge is -2.32. The highest BCUT2D eigenvalue weighted by molar-refractivity contribution is 5.94. The van der Waals surface area contributed by atoms with Crippen molar-refractivity contribution in [3.63, 3.8) is 0 Å². The quantitative estimate of drug-likeness (QED) is 0.784. The van der Waals surface area contributed by atoms with E-state index in [-0.39, 0.29) is 18.1 Å². The van der Waals surface area contributed by atoms with Gasteiger partial charge in [-0.15, -0.1) is 0 Å². The predicted molar refractivity (Wildman–Crippen MR) is 82.6 cm³/mol. The number of nitriles is 1. The SMILES string of the molecule is N#Cc1nccnc1OC1CCCN(C(=O)c2ccc(F)c(F)c2F)C1. The molecule has 0 radical (unpaired) electrons. The van der Waals surface area contributed by atoms with Crippen molar-refractivity contribution in [1.29, 1.82) is 5.26 Å². The molecule has 1 unspecified atom stereocenters. The Labute approximate surface area is 146 Å². The van der Waals surface area contributed by atoms with E-state index in [1.807, 2.05) is 6.07 Å². The number of amides is 1. The molecule has 0 bridgehead atoms. The van der Waals surface area contributed by atoms with Gasteiger partial charge in [0.2, 0.25) is 5.69 Å². The van der Waals surface area contributed by atoms with Crippen LogP contribution in [0.3, 0.4) is 0 Å². The molecule has 1 saturated heterocycles. The van der Waals surface area contributed by atoms with E-state index in [4.69, 9.17) is 10.00 Å². The molecule has 1 aromatic heterocycles. The number of halogens is 3. The largest absolute Gasteiger partial charge is 0.470 e. The second kappa shape index (κ2) is 7.39. The van der Waals surface area contributed by atoms with E-state index in [9.17, 15) is 18.0 Å². The summed E-state index contributed by atoms with van der Waals surface area (Å²) in [6, 6.07) is 3.48. The summed E-state index contributed by atoms with van der Waals surface area (Å²) in [4.78, 5) is 21.5. The Kier molecular flexibility index (Phi) is 5.02. The average Bonchev–Trinajstić information content (AvgIpc) is 2.66. The number of benzene rings is 1. The summed E-state index contributed by atoms with van der Waals surface area (Å²) >= 11 is 0. The third-order valence-corrected chi connectivity index (χ3v) is 3.98. The van der Waals surface area contributed by atoms with Crippen molar-refractivity contribution in [2.24, 2.45) is 0 Å². The molecular formula is C17H13F3N4O2. The van der Waals surface area contributed by atoms with Gasteiger partial charge in [-0.05, 0) is 25.0 Å². The summed E-state index contributed by atoms with van der Waals surface area (Å²) in [6.07, 6.45) is 3.40. The van der Waals surface area contributed by atoms with Gasteiger partial charge in [0.05, 0.1) is 12.1 Å². The minimum Gasteiger partial charge on any atom is -0.470 e. The van der Waals surface area contributed by atoms with E-state index in [0.29, 0.717) is 25.5 Å². The number of likely N-dealkylation sites (tertiary alicyclic amines) is 1. The van der Waals surface area contributed by atoms with Gasteiger partial charge in [0.15, 0.2) is 17.5 Å². The van der Waals surface area contributed by atoms with Gasteiger partial charge in [-0.25, -0.2) is 23.1 Å². The molecule has 1 aliphatic heterocycles. The van der Waals surface area contributed by atoms with Gasteiger partial charge in [0.1, 0.15) is 12.2 Å². The first-order valence-electron chi connectivity index (χ1n) is 7.81. The Hall–Kier alpha value is -3.15. The van der Waals surface area contributed by atoms with Crippen LogP contribution in [0.2, 0.25) is 0 Å². The van der Waals surface area contributed by atoms with Crippen LogP contribution < -0.4 is 4.74 Å². The molecule has 9 heteroatoms. The first kappa shape index (κ1) is 17.7. The molecule has 3 rings (SSSR count). The Morgan fingerprint density at radius 1 is 1.23 bits per heavy atom. The van der Waals surface area contributed by atoms with Gasteiger partial charge in [0, 0.05) is 18.9 Å². The van der Waals surface area contributed by atoms with Crippen molar-refractivity contribution in [2.75, 3.05) is 13.1 Å². The highest BCUT2D eigenvalue weighted by Gasteiger charge is 2.29. The molecule has 6 nitrogen and oxygen atoms in total. The van der Waals surface area contributed by atoms with Gasteiger partial charge in [-0.2, -0.15) is 5.26 Å². The highest BCUT2D eigenvalue weighted by atomic mass is 19.2. The van der Waals surface area contributed by atoms with E-state index < -0.39 is 35.0 Å². The molecule has 0 spiro atoms. The number of piperidine rings is 1. The van der Waals surface area contributed by atoms with Gasteiger partial charge < -0.3 is 9.64 Å². The van der Waals surface area contributed by atoms with Crippen molar-refractivity contribution >= 4 is 5.91 Å². The Balaban J connectivity index is 1.75. The molecule has 134 valence electrons. The van der Waals surface area contributed by atoms with Crippen LogP contribution in [0.4, 0.5) is 13.2 Å². The minimum atomic E-state index is -1.68. The maximum absolute atomic E-state index is 13.9. The highest BCUT2D eigenvalue weighted by Crippen LogP contribution is 2.22. The van der Waals surface area contributed by atoms with Gasteiger partial charge in [-0.3, -0.25) is 4.79 Å². The van der Waals surface area contributed by atoms with Crippen LogP contribution in [-0.4, -0.2) is 40.0 Å². The van der Waals surface area contributed by atoms with E-state index in [2.05, 4.69) is 9.97 Å². The second-order valence-electron chi connectivity index (χ2n) is 5.68. The second-order valence-corrected chi connectivity index (χ2v) is 5.68. The number of hydrogen-bond donors (Lipinski definition) is 0. The summed E-state index contributed by atoms with van der Waals surface area (Å²) in [5.74, 6) is -5.26. The molecule has 2 heterocycles. The van der Waals surface area contributed by atoms with Crippen LogP contribution in [0.15, 0.2) is 24.5 Å². The van der Waals surface area contributed by atoms with Gasteiger partial charge in [0.25, 0.3) is 11.8 Å². The van der Waals surface area contributed by atoms with Gasteiger partial charge >= 0.3 is 0 Å². The topological polar surface area (TPSA) is 79.1 Å². The lowest BCUT2D eigenvalue weighted by Crippen LogP contribution is -2.44. The molecular weight excluding hydrogens is 349 g/mol. The van der Waals surface area contributed by atoms with Crippen LogP contribution in [-0.2, 0) is 0 Å². The fraction of sp³-hybridized carbons (Fsp3) is 0.294. The molecule has 1 aromatic carbocycles. The lowest BCUT2D eigenvalue weighted by atomic mass is 10.1. The minimum absolute atomic E-state index is 0.0163. The standard InChI is InChI=1S/C17H13F3N4O2/c18-12-4-3-11(14(19)15(12)20)17(25)24-7-1-2-10(9-24)26-16-13(8-21)22-5-6-23-16/h3-6,10H,1-2,7,9H2. The zero-order valence-electron chi connectivity index (χ0n) is 13.5. The number of carbonyl (C=O) groups is 1. The molecule has 1 fully saturated rings. The zero-order valence-corrected chi connectivity index (χ0v) is 13.5. The monoisotopic (exact) mass is 362 g/mol. The third-order valence-electron chi connectivity index (χ3n) is 3.98. The first-order valence-corrected chi connectivity index (χ1v) is 7.81. The number of hydrogen-bond acceptors (Lipinski definition) is 5. The molecule has 1 amide bonds. The Morgan fingerprint density at radius 2 is 2.00 bits per heavy atom. The smallest absolute Gasteiger partial charge is 0.257 e. The molecule has 0 saturated carbocycles. The van der Waals surface area contributed by atoms with E-state index >= 15 is 0 Å².